The topological polar surface area (TPSA) is 49.7 Å². The Bertz CT molecular complexity index is 460. The molecule has 0 spiro atoms. The van der Waals surface area contributed by atoms with Crippen LogP contribution in [0.2, 0.25) is 0 Å². The van der Waals surface area contributed by atoms with Crippen molar-refractivity contribution in [1.82, 2.24) is 0 Å². The number of phenols is 1. The maximum atomic E-state index is 10.8. The molecule has 16 heavy (non-hydrogen) atoms. The van der Waals surface area contributed by atoms with Crippen molar-refractivity contribution in [2.45, 2.75) is 0 Å². The number of hydrogen-bond acceptors (Lipinski definition) is 3. The Hall–Kier alpha value is -1.16. The normalized spacial score (nSPS) is 13.5. The Morgan fingerprint density at radius 3 is 2.12 bits per heavy atom. The van der Waals surface area contributed by atoms with Gasteiger partial charge in [-0.15, -0.1) is 0 Å². The van der Waals surface area contributed by atoms with Gasteiger partial charge in [-0.3, -0.25) is 4.79 Å². The molecule has 0 aromatic heterocycles. The summed E-state index contributed by atoms with van der Waals surface area (Å²) in [5, 5.41) is 9.08. The molecule has 2 rings (SSSR count). The van der Waals surface area contributed by atoms with Crippen molar-refractivity contribution in [2.75, 3.05) is 0 Å². The second-order valence-corrected chi connectivity index (χ2v) is 3.12. The van der Waals surface area contributed by atoms with Crippen molar-refractivity contribution in [1.29, 1.82) is 0 Å². The molecule has 0 atom stereocenters. The number of carbonyl (C=O) groups excluding carboxylic acids is 1. The molecule has 1 aliphatic carbocycles. The first-order chi connectivity index (χ1) is 7.24. The fourth-order valence-corrected chi connectivity index (χ4v) is 1.20. The average Bonchev–Trinajstić information content (AvgIpc) is 2.25. The van der Waals surface area contributed by atoms with E-state index in [1.54, 1.807) is 36.4 Å². The summed E-state index contributed by atoms with van der Waals surface area (Å²) in [6.45, 7) is 0. The summed E-state index contributed by atoms with van der Waals surface area (Å²) in [4.78, 5) is 15.1. The summed E-state index contributed by atoms with van der Waals surface area (Å²) < 4.78 is 0. The number of nitrogens with zero attached hydrogens (tertiary/aromatic N) is 1. The largest absolute Gasteiger partial charge is 1.00 e. The molecule has 0 fully saturated rings. The summed E-state index contributed by atoms with van der Waals surface area (Å²) in [6.07, 6.45) is 6.27. The Kier molecular flexibility index (Phi) is 4.68. The summed E-state index contributed by atoms with van der Waals surface area (Å²) in [7, 11) is 0. The average molecular weight is 223 g/mol. The van der Waals surface area contributed by atoms with Crippen molar-refractivity contribution in [3.8, 4) is 5.75 Å². The van der Waals surface area contributed by atoms with Gasteiger partial charge in [0, 0.05) is 0 Å². The third-order valence-electron chi connectivity index (χ3n) is 1.94. The molecule has 0 unspecified atom stereocenters. The minimum absolute atomic E-state index is 0. The number of aliphatic imine (C=N–C) groups is 1. The first-order valence-corrected chi connectivity index (χ1v) is 4.52. The molecule has 0 aliphatic heterocycles. The van der Waals surface area contributed by atoms with Gasteiger partial charge in [0.15, 0.2) is 5.78 Å². The summed E-state index contributed by atoms with van der Waals surface area (Å²) >= 11 is 0. The predicted molar refractivity (Wildman–Crippen MR) is 59.6 cm³/mol. The van der Waals surface area contributed by atoms with E-state index >= 15 is 0 Å². The van der Waals surface area contributed by atoms with Gasteiger partial charge in [-0.2, -0.15) is 0 Å². The zero-order valence-electron chi connectivity index (χ0n) is 9.92. The maximum absolute atomic E-state index is 10.8. The number of ketones is 1. The SMILES string of the molecule is O=C1C=CC(=Nc2ccc(O)cc2)C=C1.[H-].[Na+]. The molecule has 76 valence electrons. The van der Waals surface area contributed by atoms with E-state index in [2.05, 4.69) is 4.99 Å². The first-order valence-electron chi connectivity index (χ1n) is 4.52. The van der Waals surface area contributed by atoms with E-state index < -0.39 is 0 Å². The predicted octanol–water partition coefficient (Wildman–Crippen LogP) is -0.724. The van der Waals surface area contributed by atoms with Gasteiger partial charge in [-0.1, -0.05) is 0 Å². The Morgan fingerprint density at radius 2 is 1.56 bits per heavy atom. The molecule has 1 aromatic carbocycles. The first kappa shape index (κ1) is 12.9. The number of phenolic OH excluding ortho intramolecular Hbond substituents is 1. The van der Waals surface area contributed by atoms with Crippen LogP contribution in [0.1, 0.15) is 1.43 Å². The van der Waals surface area contributed by atoms with Crippen LogP contribution in [0.25, 0.3) is 0 Å². The van der Waals surface area contributed by atoms with Gasteiger partial charge < -0.3 is 6.53 Å². The monoisotopic (exact) mass is 223 g/mol. The molecule has 0 radical (unpaired) electrons. The molecule has 0 amide bonds. The molecule has 3 nitrogen and oxygen atoms in total. The van der Waals surface area contributed by atoms with E-state index in [-0.39, 0.29) is 42.5 Å². The molecule has 0 bridgehead atoms. The van der Waals surface area contributed by atoms with E-state index in [1.807, 2.05) is 0 Å². The fraction of sp³-hybridized carbons (Fsp3) is 0. The second kappa shape index (κ2) is 5.80. The summed E-state index contributed by atoms with van der Waals surface area (Å²) in [5.74, 6) is 0.184. The van der Waals surface area contributed by atoms with Gasteiger partial charge in [0.25, 0.3) is 0 Å². The van der Waals surface area contributed by atoms with Crippen molar-refractivity contribution in [3.05, 3.63) is 48.6 Å². The molecule has 4 heteroatoms. The molecule has 0 saturated heterocycles. The van der Waals surface area contributed by atoms with Gasteiger partial charge >= 0.3 is 29.6 Å². The summed E-state index contributed by atoms with van der Waals surface area (Å²) in [6, 6.07) is 6.56. The zero-order chi connectivity index (χ0) is 10.7. The van der Waals surface area contributed by atoms with E-state index in [1.165, 1.54) is 12.2 Å². The van der Waals surface area contributed by atoms with E-state index in [0.29, 0.717) is 0 Å². The Morgan fingerprint density at radius 1 is 1.00 bits per heavy atom. The van der Waals surface area contributed by atoms with Crippen LogP contribution < -0.4 is 29.6 Å². The quantitative estimate of drug-likeness (QED) is 0.504. The Labute approximate surface area is 117 Å². The summed E-state index contributed by atoms with van der Waals surface area (Å²) in [5.41, 5.74) is 1.46. The molecule has 1 aliphatic rings. The van der Waals surface area contributed by atoms with Crippen LogP contribution in [0.5, 0.6) is 5.75 Å². The van der Waals surface area contributed by atoms with Crippen molar-refractivity contribution in [3.63, 3.8) is 0 Å². The number of carbonyl (C=O) groups is 1. The number of allylic oxidation sites excluding steroid dienone is 4. The minimum Gasteiger partial charge on any atom is -1.00 e. The molecule has 1 N–H and O–H groups in total. The maximum Gasteiger partial charge on any atom is 1.00 e. The Balaban J connectivity index is 0.00000128. The van der Waals surface area contributed by atoms with E-state index in [4.69, 9.17) is 5.11 Å². The third-order valence-corrected chi connectivity index (χ3v) is 1.94. The number of benzene rings is 1. The van der Waals surface area contributed by atoms with Crippen molar-refractivity contribution < 1.29 is 40.9 Å². The van der Waals surface area contributed by atoms with Crippen LogP contribution in [0, 0.1) is 0 Å². The van der Waals surface area contributed by atoms with Gasteiger partial charge in [0.1, 0.15) is 5.75 Å². The van der Waals surface area contributed by atoms with E-state index in [9.17, 15) is 4.79 Å². The van der Waals surface area contributed by atoms with Crippen molar-refractivity contribution in [2.24, 2.45) is 4.99 Å². The van der Waals surface area contributed by atoms with Gasteiger partial charge in [0.05, 0.1) is 11.4 Å². The minimum atomic E-state index is -0.0281. The molecule has 0 heterocycles. The van der Waals surface area contributed by atoms with Crippen molar-refractivity contribution >= 4 is 17.2 Å². The second-order valence-electron chi connectivity index (χ2n) is 3.12. The number of rotatable bonds is 1. The fourth-order valence-electron chi connectivity index (χ4n) is 1.20. The standard InChI is InChI=1S/C12H9NO2.Na.H/c14-11-5-1-9(2-6-11)13-10-3-7-12(15)8-4-10;;/h1-8,14H;;/q;+1;-1. The van der Waals surface area contributed by atoms with Gasteiger partial charge in [0.2, 0.25) is 0 Å². The zero-order valence-corrected chi connectivity index (χ0v) is 10.9. The number of aromatic hydroxyl groups is 1. The van der Waals surface area contributed by atoms with Crippen LogP contribution in [0.4, 0.5) is 5.69 Å². The molecule has 0 saturated carbocycles. The molecular weight excluding hydrogens is 213 g/mol. The third kappa shape index (κ3) is 3.45. The van der Waals surface area contributed by atoms with Gasteiger partial charge in [-0.05, 0) is 48.6 Å². The van der Waals surface area contributed by atoms with E-state index in [0.717, 1.165) is 11.4 Å². The smallest absolute Gasteiger partial charge is 1.00 e. The van der Waals surface area contributed by atoms with Crippen LogP contribution in [-0.4, -0.2) is 16.6 Å². The number of hydrogen-bond donors (Lipinski definition) is 1. The van der Waals surface area contributed by atoms with Crippen LogP contribution >= 0.6 is 0 Å². The van der Waals surface area contributed by atoms with Gasteiger partial charge in [-0.25, -0.2) is 4.99 Å². The van der Waals surface area contributed by atoms with Crippen LogP contribution in [-0.2, 0) is 4.79 Å². The van der Waals surface area contributed by atoms with Crippen LogP contribution in [0.15, 0.2) is 53.6 Å². The van der Waals surface area contributed by atoms with Crippen LogP contribution in [0.3, 0.4) is 0 Å². The molecular formula is C12H10NNaO2. The molecule has 1 aromatic rings.